The minimum atomic E-state index is -3.65. The van der Waals surface area contributed by atoms with Crippen molar-refractivity contribution >= 4 is 15.7 Å². The van der Waals surface area contributed by atoms with Gasteiger partial charge in [0.15, 0.2) is 0 Å². The number of rotatable bonds is 4. The topological polar surface area (TPSA) is 85.1 Å². The molecule has 0 bridgehead atoms. The van der Waals surface area contributed by atoms with Crippen LogP contribution >= 0.6 is 0 Å². The van der Waals surface area contributed by atoms with E-state index in [1.807, 2.05) is 6.07 Å². The molecule has 1 heterocycles. The standard InChI is InChI=1S/C15H19N3O2S/c1-10-6-7-14(16)11(2)15(10)21(19,20)18-12(3)13-5-4-8-17-9-13/h4-9,12,18H,16H2,1-3H3. The fourth-order valence-electron chi connectivity index (χ4n) is 2.25. The normalized spacial score (nSPS) is 13.1. The van der Waals surface area contributed by atoms with Crippen LogP contribution in [0, 0.1) is 13.8 Å². The van der Waals surface area contributed by atoms with E-state index in [0.717, 1.165) is 5.56 Å². The van der Waals surface area contributed by atoms with Crippen molar-refractivity contribution in [2.45, 2.75) is 31.7 Å². The summed E-state index contributed by atoms with van der Waals surface area (Å²) in [7, 11) is -3.65. The van der Waals surface area contributed by atoms with Crippen LogP contribution in [0.4, 0.5) is 5.69 Å². The molecule has 2 aromatic rings. The molecule has 1 aromatic carbocycles. The Morgan fingerprint density at radius 3 is 2.57 bits per heavy atom. The number of pyridine rings is 1. The number of nitrogens with one attached hydrogen (secondary N) is 1. The summed E-state index contributed by atoms with van der Waals surface area (Å²) in [6, 6.07) is 6.67. The SMILES string of the molecule is Cc1ccc(N)c(C)c1S(=O)(=O)NC(C)c1cccnc1. The molecule has 6 heteroatoms. The molecule has 3 N–H and O–H groups in total. The first kappa shape index (κ1) is 15.5. The summed E-state index contributed by atoms with van der Waals surface area (Å²) in [6.45, 7) is 5.26. The van der Waals surface area contributed by atoms with Gasteiger partial charge in [-0.25, -0.2) is 13.1 Å². The van der Waals surface area contributed by atoms with Gasteiger partial charge in [-0.05, 0) is 49.6 Å². The molecule has 0 radical (unpaired) electrons. The van der Waals surface area contributed by atoms with Crippen molar-refractivity contribution < 1.29 is 8.42 Å². The average molecular weight is 305 g/mol. The first-order valence-corrected chi connectivity index (χ1v) is 8.09. The highest BCUT2D eigenvalue weighted by Crippen LogP contribution is 2.26. The van der Waals surface area contributed by atoms with E-state index in [9.17, 15) is 8.42 Å². The fourth-order valence-corrected chi connectivity index (χ4v) is 3.98. The van der Waals surface area contributed by atoms with Gasteiger partial charge in [0.05, 0.1) is 4.90 Å². The Labute approximate surface area is 125 Å². The lowest BCUT2D eigenvalue weighted by Gasteiger charge is -2.17. The minimum absolute atomic E-state index is 0.248. The van der Waals surface area contributed by atoms with Crippen LogP contribution in [0.1, 0.15) is 29.7 Å². The number of nitrogen functional groups attached to an aromatic ring is 1. The molecule has 21 heavy (non-hydrogen) atoms. The van der Waals surface area contributed by atoms with E-state index in [4.69, 9.17) is 5.73 Å². The second-order valence-electron chi connectivity index (χ2n) is 5.06. The summed E-state index contributed by atoms with van der Waals surface area (Å²) in [5.74, 6) is 0. The van der Waals surface area contributed by atoms with Gasteiger partial charge in [-0.3, -0.25) is 4.98 Å². The van der Waals surface area contributed by atoms with Gasteiger partial charge in [0.2, 0.25) is 10.0 Å². The van der Waals surface area contributed by atoms with E-state index in [1.54, 1.807) is 51.4 Å². The van der Waals surface area contributed by atoms with Crippen molar-refractivity contribution in [2.24, 2.45) is 0 Å². The van der Waals surface area contributed by atoms with Crippen LogP contribution in [0.25, 0.3) is 0 Å². The van der Waals surface area contributed by atoms with Gasteiger partial charge >= 0.3 is 0 Å². The molecule has 1 unspecified atom stereocenters. The Morgan fingerprint density at radius 1 is 1.24 bits per heavy atom. The zero-order chi connectivity index (χ0) is 15.6. The van der Waals surface area contributed by atoms with Crippen molar-refractivity contribution in [2.75, 3.05) is 5.73 Å². The monoisotopic (exact) mass is 305 g/mol. The molecular weight excluding hydrogens is 286 g/mol. The Kier molecular flexibility index (Phi) is 4.29. The summed E-state index contributed by atoms with van der Waals surface area (Å²) in [4.78, 5) is 4.25. The molecule has 2 rings (SSSR count). The number of nitrogens with two attached hydrogens (primary N) is 1. The number of sulfonamides is 1. The van der Waals surface area contributed by atoms with E-state index < -0.39 is 10.0 Å². The van der Waals surface area contributed by atoms with Gasteiger partial charge in [0.25, 0.3) is 0 Å². The van der Waals surface area contributed by atoms with Crippen molar-refractivity contribution in [3.63, 3.8) is 0 Å². The van der Waals surface area contributed by atoms with Crippen LogP contribution < -0.4 is 10.5 Å². The number of hydrogen-bond donors (Lipinski definition) is 2. The third-order valence-electron chi connectivity index (χ3n) is 3.43. The van der Waals surface area contributed by atoms with E-state index >= 15 is 0 Å². The third-order valence-corrected chi connectivity index (χ3v) is 5.26. The quantitative estimate of drug-likeness (QED) is 0.849. The molecule has 0 aliphatic rings. The van der Waals surface area contributed by atoms with E-state index in [0.29, 0.717) is 16.8 Å². The number of anilines is 1. The number of nitrogens with zero attached hydrogens (tertiary/aromatic N) is 1. The van der Waals surface area contributed by atoms with Crippen LogP contribution in [-0.2, 0) is 10.0 Å². The van der Waals surface area contributed by atoms with Crippen LogP contribution in [0.15, 0.2) is 41.6 Å². The largest absolute Gasteiger partial charge is 0.398 e. The molecule has 0 amide bonds. The smallest absolute Gasteiger partial charge is 0.241 e. The van der Waals surface area contributed by atoms with Crippen molar-refractivity contribution in [3.05, 3.63) is 53.3 Å². The molecule has 0 aliphatic heterocycles. The molecule has 0 saturated carbocycles. The molecule has 112 valence electrons. The maximum Gasteiger partial charge on any atom is 0.241 e. The van der Waals surface area contributed by atoms with Crippen molar-refractivity contribution in [3.8, 4) is 0 Å². The highest BCUT2D eigenvalue weighted by Gasteiger charge is 2.23. The number of aromatic nitrogens is 1. The Morgan fingerprint density at radius 2 is 1.95 bits per heavy atom. The van der Waals surface area contributed by atoms with Crippen LogP contribution in [0.5, 0.6) is 0 Å². The Bertz CT molecular complexity index is 743. The van der Waals surface area contributed by atoms with E-state index in [1.165, 1.54) is 0 Å². The van der Waals surface area contributed by atoms with Gasteiger partial charge in [0, 0.05) is 24.1 Å². The van der Waals surface area contributed by atoms with Crippen LogP contribution in [0.3, 0.4) is 0 Å². The second kappa shape index (κ2) is 5.83. The summed E-state index contributed by atoms with van der Waals surface area (Å²) >= 11 is 0. The van der Waals surface area contributed by atoms with Gasteiger partial charge in [-0.2, -0.15) is 0 Å². The lowest BCUT2D eigenvalue weighted by atomic mass is 10.1. The lowest BCUT2D eigenvalue weighted by Crippen LogP contribution is -2.28. The van der Waals surface area contributed by atoms with E-state index in [-0.39, 0.29) is 10.9 Å². The number of aryl methyl sites for hydroxylation is 1. The Balaban J connectivity index is 2.38. The summed E-state index contributed by atoms with van der Waals surface area (Å²) in [5.41, 5.74) is 8.34. The predicted molar refractivity (Wildman–Crippen MR) is 83.3 cm³/mol. The first-order chi connectivity index (χ1) is 9.83. The molecular formula is C15H19N3O2S. The number of hydrogen-bond acceptors (Lipinski definition) is 4. The van der Waals surface area contributed by atoms with Crippen molar-refractivity contribution in [1.82, 2.24) is 9.71 Å². The highest BCUT2D eigenvalue weighted by atomic mass is 32.2. The summed E-state index contributed by atoms with van der Waals surface area (Å²) in [5, 5.41) is 0. The van der Waals surface area contributed by atoms with Crippen LogP contribution in [-0.4, -0.2) is 13.4 Å². The van der Waals surface area contributed by atoms with Crippen molar-refractivity contribution in [1.29, 1.82) is 0 Å². The lowest BCUT2D eigenvalue weighted by molar-refractivity contribution is 0.565. The molecule has 1 atom stereocenters. The summed E-state index contributed by atoms with van der Waals surface area (Å²) in [6.07, 6.45) is 3.29. The molecule has 5 nitrogen and oxygen atoms in total. The van der Waals surface area contributed by atoms with E-state index in [2.05, 4.69) is 9.71 Å². The molecule has 0 fully saturated rings. The highest BCUT2D eigenvalue weighted by molar-refractivity contribution is 7.89. The molecule has 0 saturated heterocycles. The van der Waals surface area contributed by atoms with Gasteiger partial charge in [-0.15, -0.1) is 0 Å². The van der Waals surface area contributed by atoms with Gasteiger partial charge < -0.3 is 5.73 Å². The van der Waals surface area contributed by atoms with Crippen LogP contribution in [0.2, 0.25) is 0 Å². The second-order valence-corrected chi connectivity index (χ2v) is 6.71. The maximum atomic E-state index is 12.6. The zero-order valence-corrected chi connectivity index (χ0v) is 13.1. The summed E-state index contributed by atoms with van der Waals surface area (Å²) < 4.78 is 27.9. The minimum Gasteiger partial charge on any atom is -0.398 e. The zero-order valence-electron chi connectivity index (χ0n) is 12.3. The third kappa shape index (κ3) is 3.22. The Hall–Kier alpha value is -1.92. The first-order valence-electron chi connectivity index (χ1n) is 6.61. The molecule has 1 aromatic heterocycles. The van der Waals surface area contributed by atoms with Gasteiger partial charge in [-0.1, -0.05) is 12.1 Å². The molecule has 0 aliphatic carbocycles. The van der Waals surface area contributed by atoms with Gasteiger partial charge in [0.1, 0.15) is 0 Å². The molecule has 0 spiro atoms. The fraction of sp³-hybridized carbons (Fsp3) is 0.267. The number of benzene rings is 1. The average Bonchev–Trinajstić information content (AvgIpc) is 2.43. The predicted octanol–water partition coefficient (Wildman–Crippen LogP) is 2.32. The maximum absolute atomic E-state index is 12.6.